The fourth-order valence-corrected chi connectivity index (χ4v) is 4.46. The molecule has 1 aliphatic rings. The highest BCUT2D eigenvalue weighted by molar-refractivity contribution is 6.05. The first-order chi connectivity index (χ1) is 13.5. The van der Waals surface area contributed by atoms with Gasteiger partial charge >= 0.3 is 0 Å². The van der Waals surface area contributed by atoms with Crippen LogP contribution >= 0.6 is 0 Å². The average molecular weight is 365 g/mol. The number of aryl methyl sites for hydroxylation is 3. The van der Waals surface area contributed by atoms with Gasteiger partial charge in [-0.3, -0.25) is 0 Å². The first-order valence-electron chi connectivity index (χ1n) is 9.49. The quantitative estimate of drug-likeness (QED) is 0.266. The summed E-state index contributed by atoms with van der Waals surface area (Å²) in [5.41, 5.74) is 8.34. The summed E-state index contributed by atoms with van der Waals surface area (Å²) in [6, 6.07) is 15.0. The highest BCUT2D eigenvalue weighted by Gasteiger charge is 2.31. The number of hydrogen-bond acceptors (Lipinski definition) is 1. The summed E-state index contributed by atoms with van der Waals surface area (Å²) >= 11 is 0. The van der Waals surface area contributed by atoms with Crippen molar-refractivity contribution < 1.29 is 9.30 Å². The summed E-state index contributed by atoms with van der Waals surface area (Å²) in [6.45, 7) is 14.0. The summed E-state index contributed by atoms with van der Waals surface area (Å²) in [5.74, 6) is 1.81. The molecule has 1 aromatic heterocycles. The number of rotatable bonds is 1. The molecule has 3 nitrogen and oxygen atoms in total. The fourth-order valence-electron chi connectivity index (χ4n) is 4.46. The highest BCUT2D eigenvalue weighted by Crippen LogP contribution is 2.48. The fraction of sp³-hybridized carbons (Fsp3) is 0.200. The van der Waals surface area contributed by atoms with Crippen molar-refractivity contribution in [1.29, 1.82) is 0 Å². The van der Waals surface area contributed by atoms with Crippen molar-refractivity contribution in [1.82, 2.24) is 0 Å². The van der Waals surface area contributed by atoms with Gasteiger partial charge in [-0.15, -0.1) is 0 Å². The molecule has 0 saturated heterocycles. The molecular weight excluding hydrogens is 344 g/mol. The van der Waals surface area contributed by atoms with Gasteiger partial charge in [0, 0.05) is 23.1 Å². The van der Waals surface area contributed by atoms with Crippen LogP contribution in [-0.4, -0.2) is 0 Å². The van der Waals surface area contributed by atoms with E-state index in [-0.39, 0.29) is 0 Å². The van der Waals surface area contributed by atoms with E-state index in [0.29, 0.717) is 6.54 Å². The minimum Gasteiger partial charge on any atom is -0.450 e. The predicted octanol–water partition coefficient (Wildman–Crippen LogP) is 5.93. The zero-order valence-electron chi connectivity index (χ0n) is 16.6. The Morgan fingerprint density at radius 3 is 2.57 bits per heavy atom. The molecule has 0 aliphatic carbocycles. The van der Waals surface area contributed by atoms with Gasteiger partial charge in [0.2, 0.25) is 12.1 Å². The first kappa shape index (κ1) is 16.8. The Kier molecular flexibility index (Phi) is 3.48. The van der Waals surface area contributed by atoms with Crippen LogP contribution in [0, 0.1) is 27.3 Å². The number of fused-ring (bicyclic) bond motifs is 3. The third-order valence-corrected chi connectivity index (χ3v) is 5.89. The normalized spacial score (nSPS) is 12.0. The monoisotopic (exact) mass is 365 g/mol. The lowest BCUT2D eigenvalue weighted by Gasteiger charge is -2.23. The lowest BCUT2D eigenvalue weighted by molar-refractivity contribution is -0.633. The zero-order chi connectivity index (χ0) is 19.6. The molecule has 1 aliphatic heterocycles. The van der Waals surface area contributed by atoms with Crippen molar-refractivity contribution in [3.63, 3.8) is 0 Å². The molecule has 2 heterocycles. The van der Waals surface area contributed by atoms with E-state index < -0.39 is 0 Å². The molecule has 0 saturated carbocycles. The van der Waals surface area contributed by atoms with Crippen LogP contribution in [0.1, 0.15) is 22.3 Å². The van der Waals surface area contributed by atoms with Gasteiger partial charge in [0.25, 0.3) is 5.69 Å². The predicted molar refractivity (Wildman–Crippen MR) is 113 cm³/mol. The van der Waals surface area contributed by atoms with E-state index in [1.165, 1.54) is 33.0 Å². The van der Waals surface area contributed by atoms with Crippen LogP contribution < -0.4 is 9.30 Å². The van der Waals surface area contributed by atoms with Gasteiger partial charge < -0.3 is 9.58 Å². The zero-order valence-corrected chi connectivity index (χ0v) is 16.6. The van der Waals surface area contributed by atoms with Gasteiger partial charge in [-0.2, -0.15) is 4.57 Å². The van der Waals surface area contributed by atoms with E-state index in [9.17, 15) is 0 Å². The Hall–Kier alpha value is -3.38. The molecule has 136 valence electrons. The van der Waals surface area contributed by atoms with E-state index in [4.69, 9.17) is 11.3 Å². The Labute approximate surface area is 164 Å². The van der Waals surface area contributed by atoms with Crippen LogP contribution in [0.4, 0.5) is 0 Å². The number of hydrogen-bond donors (Lipinski definition) is 0. The van der Waals surface area contributed by atoms with Crippen molar-refractivity contribution in [3.05, 3.63) is 76.1 Å². The molecule has 0 fully saturated rings. The molecular formula is C25H21N2O+. The summed E-state index contributed by atoms with van der Waals surface area (Å²) in [7, 11) is 2.10. The SMILES string of the molecule is [C-]#[N+]Cc1ccc2c(c1)cc1c([n+]2C)-c2c(C)c(C)cc3cc(C)cc(c23)O1. The molecule has 5 rings (SSSR count). The van der Waals surface area contributed by atoms with Crippen LogP contribution in [0.25, 0.3) is 37.8 Å². The van der Waals surface area contributed by atoms with Gasteiger partial charge in [-0.25, -0.2) is 6.57 Å². The van der Waals surface area contributed by atoms with Gasteiger partial charge in [0.15, 0.2) is 5.75 Å². The Bertz CT molecular complexity index is 1360. The van der Waals surface area contributed by atoms with Crippen molar-refractivity contribution in [2.45, 2.75) is 27.3 Å². The Morgan fingerprint density at radius 1 is 0.964 bits per heavy atom. The van der Waals surface area contributed by atoms with E-state index in [1.54, 1.807) is 0 Å². The van der Waals surface area contributed by atoms with Crippen molar-refractivity contribution in [2.24, 2.45) is 7.05 Å². The largest absolute Gasteiger partial charge is 0.450 e. The maximum Gasteiger partial charge on any atom is 0.256 e. The minimum atomic E-state index is 0.400. The Balaban J connectivity index is 1.92. The number of benzene rings is 3. The van der Waals surface area contributed by atoms with Crippen molar-refractivity contribution in [3.8, 4) is 22.8 Å². The summed E-state index contributed by atoms with van der Waals surface area (Å²) in [6.07, 6.45) is 0. The van der Waals surface area contributed by atoms with E-state index in [0.717, 1.165) is 33.7 Å². The Morgan fingerprint density at radius 2 is 1.79 bits per heavy atom. The molecule has 0 amide bonds. The van der Waals surface area contributed by atoms with E-state index >= 15 is 0 Å². The van der Waals surface area contributed by atoms with Crippen LogP contribution in [0.3, 0.4) is 0 Å². The highest BCUT2D eigenvalue weighted by atomic mass is 16.5. The van der Waals surface area contributed by atoms with Gasteiger partial charge in [0.1, 0.15) is 12.8 Å². The van der Waals surface area contributed by atoms with Gasteiger partial charge in [0.05, 0.1) is 10.9 Å². The second-order valence-electron chi connectivity index (χ2n) is 7.78. The molecule has 28 heavy (non-hydrogen) atoms. The molecule has 0 bridgehead atoms. The molecule has 0 radical (unpaired) electrons. The molecule has 3 heteroatoms. The van der Waals surface area contributed by atoms with Crippen LogP contribution in [0.15, 0.2) is 42.5 Å². The third-order valence-electron chi connectivity index (χ3n) is 5.89. The maximum absolute atomic E-state index is 7.15. The van der Waals surface area contributed by atoms with E-state index in [1.807, 2.05) is 6.07 Å². The van der Waals surface area contributed by atoms with Gasteiger partial charge in [-0.05, 0) is 61.0 Å². The standard InChI is InChI=1S/C25H21N2O/c1-14-8-19-10-15(2)16(3)23-24(19)21(9-14)28-22-12-18-11-17(13-26-4)6-7-20(18)27(5)25(22)23/h6-12H,13H2,1-3,5H3/q+1. The third kappa shape index (κ3) is 2.25. The van der Waals surface area contributed by atoms with Crippen LogP contribution in [0.5, 0.6) is 11.5 Å². The summed E-state index contributed by atoms with van der Waals surface area (Å²) in [5, 5.41) is 3.52. The molecule has 0 spiro atoms. The smallest absolute Gasteiger partial charge is 0.256 e. The molecule has 0 atom stereocenters. The topological polar surface area (TPSA) is 17.5 Å². The average Bonchev–Trinajstić information content (AvgIpc) is 2.65. The molecule has 0 unspecified atom stereocenters. The van der Waals surface area contributed by atoms with Crippen LogP contribution in [0.2, 0.25) is 0 Å². The number of pyridine rings is 1. The second-order valence-corrected chi connectivity index (χ2v) is 7.78. The van der Waals surface area contributed by atoms with Crippen molar-refractivity contribution >= 4 is 21.7 Å². The minimum absolute atomic E-state index is 0.400. The number of aromatic nitrogens is 1. The molecule has 0 N–H and O–H groups in total. The molecule has 4 aromatic rings. The summed E-state index contributed by atoms with van der Waals surface area (Å²) in [4.78, 5) is 3.52. The lowest BCUT2D eigenvalue weighted by Crippen LogP contribution is -2.33. The van der Waals surface area contributed by atoms with Gasteiger partial charge in [-0.1, -0.05) is 12.1 Å². The van der Waals surface area contributed by atoms with Crippen molar-refractivity contribution in [2.75, 3.05) is 0 Å². The van der Waals surface area contributed by atoms with Crippen LogP contribution in [-0.2, 0) is 13.6 Å². The number of nitrogens with zero attached hydrogens (tertiary/aromatic N) is 2. The molecule has 3 aromatic carbocycles. The maximum atomic E-state index is 7.15. The lowest BCUT2D eigenvalue weighted by atomic mass is 9.89. The van der Waals surface area contributed by atoms with E-state index in [2.05, 4.69) is 73.6 Å². The number of ether oxygens (including phenoxy) is 1. The summed E-state index contributed by atoms with van der Waals surface area (Å²) < 4.78 is 8.67. The second kappa shape index (κ2) is 5.81. The first-order valence-corrected chi connectivity index (χ1v) is 9.49.